The number of hydrogen-bond donors (Lipinski definition) is 2. The van der Waals surface area contributed by atoms with Crippen LogP contribution in [0.1, 0.15) is 15.4 Å². The summed E-state index contributed by atoms with van der Waals surface area (Å²) < 4.78 is 5.01. The fraction of sp³-hybridized carbons (Fsp3) is 0.167. The minimum Gasteiger partial charge on any atom is -0.451 e. The van der Waals surface area contributed by atoms with E-state index in [9.17, 15) is 9.59 Å². The van der Waals surface area contributed by atoms with Crippen LogP contribution in [0.2, 0.25) is 0 Å². The van der Waals surface area contributed by atoms with Gasteiger partial charge in [0.05, 0.1) is 5.69 Å². The topological polar surface area (TPSA) is 84.1 Å². The molecule has 2 heterocycles. The first kappa shape index (κ1) is 16.9. The summed E-state index contributed by atoms with van der Waals surface area (Å²) in [6.45, 7) is 0.197. The highest BCUT2D eigenvalue weighted by molar-refractivity contribution is 7.09. The molecule has 0 saturated carbocycles. The number of carbonyl (C=O) groups excluding carboxylic acids is 2. The van der Waals surface area contributed by atoms with E-state index in [1.165, 1.54) is 4.88 Å². The van der Waals surface area contributed by atoms with Crippen LogP contribution < -0.4 is 5.32 Å². The zero-order valence-corrected chi connectivity index (χ0v) is 14.2. The van der Waals surface area contributed by atoms with Gasteiger partial charge in [0, 0.05) is 17.0 Å². The minimum atomic E-state index is -0.608. The molecule has 6 nitrogen and oxygen atoms in total. The standard InChI is InChI=1S/C18H17N3O3S/c22-17(19-9-8-14-7-4-10-25-14)12-24-18(23)16-11-15(20-21-16)13-5-2-1-3-6-13/h1-7,10-11H,8-9,12H2,(H,19,22)(H,20,21). The van der Waals surface area contributed by atoms with E-state index in [-0.39, 0.29) is 18.2 Å². The molecule has 3 aromatic rings. The van der Waals surface area contributed by atoms with Crippen molar-refractivity contribution in [3.63, 3.8) is 0 Å². The van der Waals surface area contributed by atoms with Crippen molar-refractivity contribution in [3.05, 3.63) is 64.5 Å². The SMILES string of the molecule is O=C(COC(=O)c1cc(-c2ccccc2)n[nH]1)NCCc1cccs1. The van der Waals surface area contributed by atoms with Crippen LogP contribution >= 0.6 is 11.3 Å². The largest absolute Gasteiger partial charge is 0.451 e. The molecule has 0 saturated heterocycles. The lowest BCUT2D eigenvalue weighted by molar-refractivity contribution is -0.124. The van der Waals surface area contributed by atoms with E-state index in [1.807, 2.05) is 47.8 Å². The third-order valence-electron chi connectivity index (χ3n) is 3.48. The summed E-state index contributed by atoms with van der Waals surface area (Å²) in [7, 11) is 0. The third-order valence-corrected chi connectivity index (χ3v) is 4.41. The van der Waals surface area contributed by atoms with E-state index in [1.54, 1.807) is 17.4 Å². The average Bonchev–Trinajstić information content (AvgIpc) is 3.32. The Labute approximate surface area is 148 Å². The van der Waals surface area contributed by atoms with E-state index in [0.717, 1.165) is 12.0 Å². The van der Waals surface area contributed by atoms with Gasteiger partial charge >= 0.3 is 5.97 Å². The number of amides is 1. The summed E-state index contributed by atoms with van der Waals surface area (Å²) in [5.41, 5.74) is 1.75. The Morgan fingerprint density at radius 2 is 2.00 bits per heavy atom. The van der Waals surface area contributed by atoms with E-state index in [4.69, 9.17) is 4.74 Å². The molecular weight excluding hydrogens is 338 g/mol. The lowest BCUT2D eigenvalue weighted by Crippen LogP contribution is -2.30. The van der Waals surface area contributed by atoms with Gasteiger partial charge in [0.2, 0.25) is 0 Å². The average molecular weight is 355 g/mol. The third kappa shape index (κ3) is 4.77. The Kier molecular flexibility index (Phi) is 5.58. The number of H-pyrrole nitrogens is 1. The van der Waals surface area contributed by atoms with E-state index in [2.05, 4.69) is 15.5 Å². The summed E-state index contributed by atoms with van der Waals surface area (Å²) >= 11 is 1.64. The van der Waals surface area contributed by atoms with Gasteiger partial charge in [0.25, 0.3) is 5.91 Å². The van der Waals surface area contributed by atoms with Crippen LogP contribution in [0.4, 0.5) is 0 Å². The number of nitrogens with zero attached hydrogens (tertiary/aromatic N) is 1. The predicted molar refractivity (Wildman–Crippen MR) is 95.3 cm³/mol. The van der Waals surface area contributed by atoms with Crippen molar-refractivity contribution < 1.29 is 14.3 Å². The number of nitrogens with one attached hydrogen (secondary N) is 2. The van der Waals surface area contributed by atoms with Crippen molar-refractivity contribution in [2.75, 3.05) is 13.2 Å². The lowest BCUT2D eigenvalue weighted by atomic mass is 10.1. The van der Waals surface area contributed by atoms with Crippen molar-refractivity contribution in [1.82, 2.24) is 15.5 Å². The number of carbonyl (C=O) groups is 2. The monoisotopic (exact) mass is 355 g/mol. The first-order valence-corrected chi connectivity index (χ1v) is 8.67. The fourth-order valence-corrected chi connectivity index (χ4v) is 2.93. The summed E-state index contributed by atoms with van der Waals surface area (Å²) in [6.07, 6.45) is 0.762. The molecule has 0 bridgehead atoms. The van der Waals surface area contributed by atoms with Gasteiger partial charge in [-0.1, -0.05) is 36.4 Å². The molecule has 0 radical (unpaired) electrons. The van der Waals surface area contributed by atoms with Crippen molar-refractivity contribution in [3.8, 4) is 11.3 Å². The minimum absolute atomic E-state index is 0.213. The second-order valence-electron chi connectivity index (χ2n) is 5.29. The molecule has 7 heteroatoms. The van der Waals surface area contributed by atoms with Crippen molar-refractivity contribution in [2.24, 2.45) is 0 Å². The molecule has 0 unspecified atom stereocenters. The van der Waals surface area contributed by atoms with Crippen LogP contribution in [0.3, 0.4) is 0 Å². The molecule has 0 atom stereocenters. The zero-order chi connectivity index (χ0) is 17.5. The summed E-state index contributed by atoms with van der Waals surface area (Å²) in [5.74, 6) is -0.934. The van der Waals surface area contributed by atoms with Crippen molar-refractivity contribution in [1.29, 1.82) is 0 Å². The number of hydrogen-bond acceptors (Lipinski definition) is 5. The Bertz CT molecular complexity index is 828. The number of benzene rings is 1. The van der Waals surface area contributed by atoms with Crippen molar-refractivity contribution in [2.45, 2.75) is 6.42 Å². The smallest absolute Gasteiger partial charge is 0.356 e. The zero-order valence-electron chi connectivity index (χ0n) is 13.4. The second kappa shape index (κ2) is 8.25. The number of aromatic amines is 1. The van der Waals surface area contributed by atoms with Gasteiger partial charge in [0.1, 0.15) is 5.69 Å². The first-order chi connectivity index (χ1) is 12.2. The van der Waals surface area contributed by atoms with Crippen molar-refractivity contribution >= 4 is 23.2 Å². The predicted octanol–water partition coefficient (Wildman–Crippen LogP) is 2.65. The number of rotatable bonds is 7. The van der Waals surface area contributed by atoms with Crippen LogP contribution in [0.5, 0.6) is 0 Å². The van der Waals surface area contributed by atoms with Gasteiger partial charge in [0.15, 0.2) is 6.61 Å². The summed E-state index contributed by atoms with van der Waals surface area (Å²) in [6, 6.07) is 15.1. The highest BCUT2D eigenvalue weighted by atomic mass is 32.1. The molecule has 0 aliphatic rings. The number of aromatic nitrogens is 2. The summed E-state index contributed by atoms with van der Waals surface area (Å²) in [5, 5.41) is 11.4. The molecule has 128 valence electrons. The van der Waals surface area contributed by atoms with Gasteiger partial charge < -0.3 is 10.1 Å². The fourth-order valence-electron chi connectivity index (χ4n) is 2.22. The van der Waals surface area contributed by atoms with Crippen LogP contribution in [0.15, 0.2) is 53.9 Å². The highest BCUT2D eigenvalue weighted by Crippen LogP contribution is 2.17. The molecule has 1 aromatic carbocycles. The molecule has 2 aromatic heterocycles. The van der Waals surface area contributed by atoms with Gasteiger partial charge in [-0.15, -0.1) is 11.3 Å². The van der Waals surface area contributed by atoms with E-state index < -0.39 is 5.97 Å². The Hall–Kier alpha value is -2.93. The lowest BCUT2D eigenvalue weighted by Gasteiger charge is -2.05. The Balaban J connectivity index is 1.44. The maximum absolute atomic E-state index is 12.0. The maximum Gasteiger partial charge on any atom is 0.356 e. The van der Waals surface area contributed by atoms with Crippen LogP contribution in [0.25, 0.3) is 11.3 Å². The molecule has 3 rings (SSSR count). The van der Waals surface area contributed by atoms with Gasteiger partial charge in [-0.2, -0.15) is 5.10 Å². The number of ether oxygens (including phenoxy) is 1. The summed E-state index contributed by atoms with van der Waals surface area (Å²) in [4.78, 5) is 24.9. The van der Waals surface area contributed by atoms with E-state index in [0.29, 0.717) is 12.2 Å². The molecule has 0 aliphatic carbocycles. The highest BCUT2D eigenvalue weighted by Gasteiger charge is 2.14. The molecule has 0 aliphatic heterocycles. The molecule has 1 amide bonds. The molecule has 0 spiro atoms. The quantitative estimate of drug-likeness (QED) is 0.638. The van der Waals surface area contributed by atoms with Gasteiger partial charge in [-0.3, -0.25) is 9.89 Å². The molecule has 25 heavy (non-hydrogen) atoms. The molecular formula is C18H17N3O3S. The maximum atomic E-state index is 12.0. The van der Waals surface area contributed by atoms with Gasteiger partial charge in [-0.25, -0.2) is 4.79 Å². The van der Waals surface area contributed by atoms with E-state index >= 15 is 0 Å². The molecule has 0 fully saturated rings. The molecule has 2 N–H and O–H groups in total. The normalized spacial score (nSPS) is 10.4. The Morgan fingerprint density at radius 1 is 1.16 bits per heavy atom. The van der Waals surface area contributed by atoms with Crippen LogP contribution in [-0.4, -0.2) is 35.2 Å². The second-order valence-corrected chi connectivity index (χ2v) is 6.32. The van der Waals surface area contributed by atoms with Gasteiger partial charge in [-0.05, 0) is 23.9 Å². The number of thiophene rings is 1. The Morgan fingerprint density at radius 3 is 2.76 bits per heavy atom. The number of esters is 1. The van der Waals surface area contributed by atoms with Crippen LogP contribution in [0, 0.1) is 0 Å². The van der Waals surface area contributed by atoms with Crippen LogP contribution in [-0.2, 0) is 16.0 Å². The first-order valence-electron chi connectivity index (χ1n) is 7.79.